The van der Waals surface area contributed by atoms with Crippen molar-refractivity contribution >= 4 is 23.7 Å². The molecule has 0 aliphatic rings. The Morgan fingerprint density at radius 1 is 1.10 bits per heavy atom. The van der Waals surface area contributed by atoms with Crippen LogP contribution in [0.3, 0.4) is 0 Å². The van der Waals surface area contributed by atoms with Crippen LogP contribution in [-0.4, -0.2) is 52.9 Å². The number of carbonyl (C=O) groups excluding carboxylic acids is 3. The highest BCUT2D eigenvalue weighted by Crippen LogP contribution is 2.22. The zero-order valence-electron chi connectivity index (χ0n) is 18.4. The lowest BCUT2D eigenvalue weighted by Crippen LogP contribution is -2.58. The van der Waals surface area contributed by atoms with Crippen molar-refractivity contribution in [3.63, 3.8) is 0 Å². The lowest BCUT2D eigenvalue weighted by atomic mass is 9.84. The highest BCUT2D eigenvalue weighted by molar-refractivity contribution is 5.98. The van der Waals surface area contributed by atoms with E-state index in [1.807, 2.05) is 13.8 Å². The van der Waals surface area contributed by atoms with Gasteiger partial charge in [-0.25, -0.2) is 4.79 Å². The van der Waals surface area contributed by atoms with Crippen molar-refractivity contribution in [1.82, 2.24) is 20.9 Å². The van der Waals surface area contributed by atoms with Crippen LogP contribution in [0.15, 0.2) is 24.5 Å². The summed E-state index contributed by atoms with van der Waals surface area (Å²) in [5.41, 5.74) is -0.416. The van der Waals surface area contributed by atoms with E-state index in [0.717, 1.165) is 0 Å². The predicted molar refractivity (Wildman–Crippen MR) is 112 cm³/mol. The smallest absolute Gasteiger partial charge is 0.327 e. The third-order valence-corrected chi connectivity index (χ3v) is 4.60. The van der Waals surface area contributed by atoms with Crippen LogP contribution in [0.25, 0.3) is 0 Å². The van der Waals surface area contributed by atoms with Crippen molar-refractivity contribution in [3.05, 3.63) is 30.1 Å². The van der Waals surface area contributed by atoms with Crippen LogP contribution in [0.5, 0.6) is 0 Å². The molecule has 0 radical (unpaired) electrons. The van der Waals surface area contributed by atoms with Gasteiger partial charge in [0, 0.05) is 19.4 Å². The lowest BCUT2D eigenvalue weighted by molar-refractivity contribution is -0.145. The third-order valence-electron chi connectivity index (χ3n) is 4.60. The van der Waals surface area contributed by atoms with Crippen LogP contribution in [0.4, 0.5) is 0 Å². The van der Waals surface area contributed by atoms with E-state index in [4.69, 9.17) is 0 Å². The maximum Gasteiger partial charge on any atom is 0.327 e. The largest absolute Gasteiger partial charge is 0.480 e. The molecule has 0 saturated carbocycles. The van der Waals surface area contributed by atoms with E-state index >= 15 is 0 Å². The zero-order valence-corrected chi connectivity index (χ0v) is 18.4. The van der Waals surface area contributed by atoms with E-state index in [0.29, 0.717) is 0 Å². The molecular weight excluding hydrogens is 388 g/mol. The summed E-state index contributed by atoms with van der Waals surface area (Å²) in [6, 6.07) is 0.721. The van der Waals surface area contributed by atoms with Gasteiger partial charge in [-0.1, -0.05) is 34.6 Å². The maximum atomic E-state index is 13.1. The number of rotatable bonds is 9. The van der Waals surface area contributed by atoms with E-state index in [1.54, 1.807) is 26.8 Å². The number of nitrogens with zero attached hydrogens (tertiary/aromatic N) is 1. The summed E-state index contributed by atoms with van der Waals surface area (Å²) < 4.78 is 0. The van der Waals surface area contributed by atoms with E-state index in [1.165, 1.54) is 25.5 Å². The van der Waals surface area contributed by atoms with Crippen LogP contribution >= 0.6 is 0 Å². The summed E-state index contributed by atoms with van der Waals surface area (Å²) in [7, 11) is 1.47. The number of nitrogens with one attached hydrogen (secondary N) is 3. The van der Waals surface area contributed by atoms with Gasteiger partial charge in [-0.05, 0) is 29.9 Å². The molecule has 0 unspecified atom stereocenters. The first kappa shape index (κ1) is 25.1. The van der Waals surface area contributed by atoms with Gasteiger partial charge in [-0.15, -0.1) is 0 Å². The quantitative estimate of drug-likeness (QED) is 0.474. The standard InChI is InChI=1S/C21H32N4O5/c1-12(2)10-14(18(27)25-16(19(28)22-6)21(3,4)5)15(20(29)30)24-17(26)13-8-7-9-23-11-13/h7-9,11-12,14-16H,10H2,1-6H3,(H,22,28)(H,24,26)(H,25,27)(H,29,30)/t14-,15+,16-/m1/s1. The molecule has 0 aliphatic carbocycles. The second kappa shape index (κ2) is 10.7. The van der Waals surface area contributed by atoms with Crippen LogP contribution in [-0.2, 0) is 14.4 Å². The fraction of sp³-hybridized carbons (Fsp3) is 0.571. The summed E-state index contributed by atoms with van der Waals surface area (Å²) in [6.07, 6.45) is 3.01. The molecule has 1 heterocycles. The number of aromatic nitrogens is 1. The molecule has 0 bridgehead atoms. The number of hydrogen-bond acceptors (Lipinski definition) is 5. The fourth-order valence-corrected chi connectivity index (χ4v) is 3.03. The molecule has 1 aromatic rings. The molecule has 4 N–H and O–H groups in total. The van der Waals surface area contributed by atoms with Gasteiger partial charge < -0.3 is 21.1 Å². The van der Waals surface area contributed by atoms with Gasteiger partial charge in [0.1, 0.15) is 12.1 Å². The Kier molecular flexibility index (Phi) is 8.94. The molecule has 0 fully saturated rings. The summed E-state index contributed by atoms with van der Waals surface area (Å²) in [6.45, 7) is 9.08. The molecule has 9 nitrogen and oxygen atoms in total. The van der Waals surface area contributed by atoms with Gasteiger partial charge in [-0.3, -0.25) is 19.4 Å². The first-order valence-electron chi connectivity index (χ1n) is 9.84. The first-order chi connectivity index (χ1) is 13.9. The van der Waals surface area contributed by atoms with Crippen molar-refractivity contribution in [2.45, 2.75) is 53.1 Å². The van der Waals surface area contributed by atoms with E-state index in [-0.39, 0.29) is 23.8 Å². The summed E-state index contributed by atoms with van der Waals surface area (Å²) >= 11 is 0. The third kappa shape index (κ3) is 7.13. The Labute approximate surface area is 177 Å². The van der Waals surface area contributed by atoms with Crippen LogP contribution in [0.2, 0.25) is 0 Å². The monoisotopic (exact) mass is 420 g/mol. The maximum absolute atomic E-state index is 13.1. The van der Waals surface area contributed by atoms with Crippen LogP contribution in [0, 0.1) is 17.3 Å². The molecule has 30 heavy (non-hydrogen) atoms. The molecule has 0 aromatic carbocycles. The molecule has 0 saturated heterocycles. The molecule has 1 aromatic heterocycles. The van der Waals surface area contributed by atoms with Gasteiger partial charge in [0.25, 0.3) is 5.91 Å². The molecule has 1 rings (SSSR count). The zero-order chi connectivity index (χ0) is 23.1. The minimum Gasteiger partial charge on any atom is -0.480 e. The van der Waals surface area contributed by atoms with E-state index in [2.05, 4.69) is 20.9 Å². The first-order valence-corrected chi connectivity index (χ1v) is 9.84. The Morgan fingerprint density at radius 3 is 2.17 bits per heavy atom. The highest BCUT2D eigenvalue weighted by Gasteiger charge is 2.39. The Hall–Kier alpha value is -2.97. The molecule has 0 spiro atoms. The number of hydrogen-bond donors (Lipinski definition) is 4. The molecule has 3 atom stereocenters. The van der Waals surface area contributed by atoms with Crippen molar-refractivity contribution in [2.24, 2.45) is 17.3 Å². The topological polar surface area (TPSA) is 137 Å². The minimum absolute atomic E-state index is 0.0222. The van der Waals surface area contributed by atoms with Crippen LogP contribution in [0.1, 0.15) is 51.4 Å². The highest BCUT2D eigenvalue weighted by atomic mass is 16.4. The molecule has 3 amide bonds. The van der Waals surface area contributed by atoms with Crippen molar-refractivity contribution in [1.29, 1.82) is 0 Å². The average molecular weight is 421 g/mol. The number of carbonyl (C=O) groups is 4. The van der Waals surface area contributed by atoms with Gasteiger partial charge in [-0.2, -0.15) is 0 Å². The fourth-order valence-electron chi connectivity index (χ4n) is 3.03. The Bertz CT molecular complexity index is 758. The predicted octanol–water partition coefficient (Wildman–Crippen LogP) is 1.20. The average Bonchev–Trinajstić information content (AvgIpc) is 2.67. The van der Waals surface area contributed by atoms with E-state index in [9.17, 15) is 24.3 Å². The van der Waals surface area contributed by atoms with Gasteiger partial charge in [0.2, 0.25) is 11.8 Å². The number of likely N-dealkylation sites (N-methyl/N-ethyl adjacent to an activating group) is 1. The number of amides is 3. The number of carboxylic acids is 1. The van der Waals surface area contributed by atoms with Crippen LogP contribution < -0.4 is 16.0 Å². The second-order valence-electron chi connectivity index (χ2n) is 8.69. The summed E-state index contributed by atoms with van der Waals surface area (Å²) in [5.74, 6) is -4.06. The summed E-state index contributed by atoms with van der Waals surface area (Å²) in [4.78, 5) is 53.7. The molecular formula is C21H32N4O5. The molecule has 0 aliphatic heterocycles. The van der Waals surface area contributed by atoms with Crippen molar-refractivity contribution in [2.75, 3.05) is 7.05 Å². The molecule has 9 heteroatoms. The van der Waals surface area contributed by atoms with E-state index < -0.39 is 41.2 Å². The number of carboxylic acid groups (broad SMARTS) is 1. The van der Waals surface area contributed by atoms with Crippen molar-refractivity contribution < 1.29 is 24.3 Å². The Balaban J connectivity index is 3.18. The van der Waals surface area contributed by atoms with Gasteiger partial charge >= 0.3 is 5.97 Å². The number of pyridine rings is 1. The van der Waals surface area contributed by atoms with Gasteiger partial charge in [0.15, 0.2) is 0 Å². The normalized spacial score (nSPS) is 14.4. The van der Waals surface area contributed by atoms with Gasteiger partial charge in [0.05, 0.1) is 11.5 Å². The summed E-state index contributed by atoms with van der Waals surface area (Å²) in [5, 5.41) is 17.4. The SMILES string of the molecule is CNC(=O)[C@@H](NC(=O)[C@H](CC(C)C)[C@H](NC(=O)c1cccnc1)C(=O)O)C(C)(C)C. The lowest BCUT2D eigenvalue weighted by Gasteiger charge is -2.33. The Morgan fingerprint density at radius 2 is 1.73 bits per heavy atom. The van der Waals surface area contributed by atoms with Crippen molar-refractivity contribution in [3.8, 4) is 0 Å². The molecule has 166 valence electrons. The minimum atomic E-state index is -1.47. The second-order valence-corrected chi connectivity index (χ2v) is 8.69. The number of aliphatic carboxylic acids is 1.